The lowest BCUT2D eigenvalue weighted by molar-refractivity contribution is 0.174. The molecule has 0 unspecified atom stereocenters. The molecular formula is C25H25N3O3. The molecule has 1 aliphatic heterocycles. The van der Waals surface area contributed by atoms with Gasteiger partial charge in [0, 0.05) is 11.2 Å². The van der Waals surface area contributed by atoms with Crippen molar-refractivity contribution in [1.29, 1.82) is 0 Å². The average Bonchev–Trinajstić information content (AvgIpc) is 3.41. The second kappa shape index (κ2) is 7.63. The molecule has 31 heavy (non-hydrogen) atoms. The molecule has 1 aliphatic rings. The van der Waals surface area contributed by atoms with Gasteiger partial charge in [-0.05, 0) is 67.9 Å². The molecule has 0 fully saturated rings. The highest BCUT2D eigenvalue weighted by Crippen LogP contribution is 2.35. The van der Waals surface area contributed by atoms with E-state index in [-0.39, 0.29) is 12.3 Å². The zero-order valence-corrected chi connectivity index (χ0v) is 17.9. The van der Waals surface area contributed by atoms with Gasteiger partial charge in [-0.3, -0.25) is 4.57 Å². The van der Waals surface area contributed by atoms with E-state index in [0.29, 0.717) is 6.54 Å². The van der Waals surface area contributed by atoms with Crippen LogP contribution in [0, 0.1) is 0 Å². The van der Waals surface area contributed by atoms with Gasteiger partial charge < -0.3 is 19.5 Å². The summed E-state index contributed by atoms with van der Waals surface area (Å²) in [6, 6.07) is 22.3. The van der Waals surface area contributed by atoms with Crippen LogP contribution in [0.5, 0.6) is 17.2 Å². The second-order valence-corrected chi connectivity index (χ2v) is 8.10. The first-order chi connectivity index (χ1) is 15.0. The Morgan fingerprint density at radius 3 is 2.58 bits per heavy atom. The van der Waals surface area contributed by atoms with E-state index < -0.39 is 0 Å². The van der Waals surface area contributed by atoms with Gasteiger partial charge in [0.15, 0.2) is 11.5 Å². The number of benzene rings is 3. The summed E-state index contributed by atoms with van der Waals surface area (Å²) in [7, 11) is 1.68. The summed E-state index contributed by atoms with van der Waals surface area (Å²) in [6.07, 6.45) is 0. The maximum absolute atomic E-state index is 5.56. The lowest BCUT2D eigenvalue weighted by Crippen LogP contribution is -2.36. The van der Waals surface area contributed by atoms with Crippen molar-refractivity contribution in [3.8, 4) is 22.9 Å². The van der Waals surface area contributed by atoms with E-state index >= 15 is 0 Å². The van der Waals surface area contributed by atoms with E-state index in [1.54, 1.807) is 7.11 Å². The molecule has 0 amide bonds. The highest BCUT2D eigenvalue weighted by atomic mass is 16.7. The first-order valence-corrected chi connectivity index (χ1v) is 10.3. The molecule has 1 aromatic heterocycles. The van der Waals surface area contributed by atoms with Crippen molar-refractivity contribution in [3.63, 3.8) is 0 Å². The summed E-state index contributed by atoms with van der Waals surface area (Å²) >= 11 is 0. The van der Waals surface area contributed by atoms with E-state index in [1.165, 1.54) is 0 Å². The molecule has 0 bridgehead atoms. The molecule has 0 aliphatic carbocycles. The zero-order valence-electron chi connectivity index (χ0n) is 17.9. The number of methoxy groups -OCH3 is 1. The van der Waals surface area contributed by atoms with Gasteiger partial charge >= 0.3 is 0 Å². The minimum Gasteiger partial charge on any atom is -0.497 e. The minimum atomic E-state index is -0.288. The third kappa shape index (κ3) is 3.59. The van der Waals surface area contributed by atoms with Crippen molar-refractivity contribution in [2.24, 2.45) is 0 Å². The molecule has 6 heteroatoms. The Morgan fingerprint density at radius 1 is 1.00 bits per heavy atom. The van der Waals surface area contributed by atoms with Gasteiger partial charge in [0.05, 0.1) is 24.7 Å². The van der Waals surface area contributed by atoms with Gasteiger partial charge in [-0.15, -0.1) is 0 Å². The summed E-state index contributed by atoms with van der Waals surface area (Å²) in [6.45, 7) is 5.19. The fourth-order valence-electron chi connectivity index (χ4n) is 3.90. The van der Waals surface area contributed by atoms with Gasteiger partial charge in [0.2, 0.25) is 6.79 Å². The molecule has 0 atom stereocenters. The van der Waals surface area contributed by atoms with E-state index in [2.05, 4.69) is 48.0 Å². The molecule has 6 nitrogen and oxygen atoms in total. The largest absolute Gasteiger partial charge is 0.497 e. The van der Waals surface area contributed by atoms with Crippen LogP contribution in [0.3, 0.4) is 0 Å². The summed E-state index contributed by atoms with van der Waals surface area (Å²) in [5, 5.41) is 3.67. The average molecular weight is 415 g/mol. The molecule has 0 saturated heterocycles. The summed E-state index contributed by atoms with van der Waals surface area (Å²) in [5.41, 5.74) is 3.93. The van der Waals surface area contributed by atoms with E-state index in [1.807, 2.05) is 42.5 Å². The number of nitrogens with zero attached hydrogens (tertiary/aromatic N) is 2. The summed E-state index contributed by atoms with van der Waals surface area (Å²) < 4.78 is 18.5. The molecule has 158 valence electrons. The third-order valence-electron chi connectivity index (χ3n) is 5.74. The monoisotopic (exact) mass is 415 g/mol. The number of imidazole rings is 1. The van der Waals surface area contributed by atoms with Crippen molar-refractivity contribution < 1.29 is 14.2 Å². The van der Waals surface area contributed by atoms with Crippen molar-refractivity contribution in [2.45, 2.75) is 25.9 Å². The first kappa shape index (κ1) is 19.5. The quantitative estimate of drug-likeness (QED) is 0.491. The zero-order chi connectivity index (χ0) is 21.4. The highest BCUT2D eigenvalue weighted by Gasteiger charge is 2.24. The molecule has 2 heterocycles. The van der Waals surface area contributed by atoms with Gasteiger partial charge in [-0.1, -0.05) is 18.2 Å². The van der Waals surface area contributed by atoms with Crippen LogP contribution in [-0.4, -0.2) is 23.5 Å². The lowest BCUT2D eigenvalue weighted by Gasteiger charge is -2.27. The minimum absolute atomic E-state index is 0.276. The number of hydrogen-bond donors (Lipinski definition) is 1. The fourth-order valence-corrected chi connectivity index (χ4v) is 3.90. The molecule has 0 radical (unpaired) electrons. The van der Waals surface area contributed by atoms with Gasteiger partial charge in [-0.2, -0.15) is 0 Å². The Balaban J connectivity index is 1.47. The maximum Gasteiger partial charge on any atom is 0.231 e. The fraction of sp³-hybridized carbons (Fsp3) is 0.240. The number of fused-ring (bicyclic) bond motifs is 2. The number of hydrogen-bond acceptors (Lipinski definition) is 5. The van der Waals surface area contributed by atoms with Crippen LogP contribution < -0.4 is 19.5 Å². The Hall–Kier alpha value is -3.51. The van der Waals surface area contributed by atoms with Crippen LogP contribution in [-0.2, 0) is 12.1 Å². The molecular weight excluding hydrogens is 390 g/mol. The molecule has 0 spiro atoms. The topological polar surface area (TPSA) is 57.5 Å². The predicted octanol–water partition coefficient (Wildman–Crippen LogP) is 4.79. The molecule has 1 N–H and O–H groups in total. The molecule has 4 aromatic rings. The van der Waals surface area contributed by atoms with Crippen LogP contribution in [0.1, 0.15) is 25.2 Å². The molecule has 3 aromatic carbocycles. The van der Waals surface area contributed by atoms with Crippen LogP contribution in [0.2, 0.25) is 0 Å². The highest BCUT2D eigenvalue weighted by molar-refractivity contribution is 5.78. The van der Waals surface area contributed by atoms with Gasteiger partial charge in [0.25, 0.3) is 0 Å². The Bertz CT molecular complexity index is 1230. The number of rotatable bonds is 6. The Labute approximate surface area is 181 Å². The Morgan fingerprint density at radius 2 is 1.77 bits per heavy atom. The van der Waals surface area contributed by atoms with Gasteiger partial charge in [-0.25, -0.2) is 4.98 Å². The van der Waals surface area contributed by atoms with Gasteiger partial charge in [0.1, 0.15) is 11.6 Å². The van der Waals surface area contributed by atoms with Crippen LogP contribution in [0.25, 0.3) is 16.7 Å². The van der Waals surface area contributed by atoms with E-state index in [9.17, 15) is 0 Å². The summed E-state index contributed by atoms with van der Waals surface area (Å²) in [4.78, 5) is 4.91. The number of aromatic nitrogens is 2. The summed E-state index contributed by atoms with van der Waals surface area (Å²) in [5.74, 6) is 3.36. The van der Waals surface area contributed by atoms with Crippen molar-refractivity contribution in [3.05, 3.63) is 78.1 Å². The number of para-hydroxylation sites is 2. The lowest BCUT2D eigenvalue weighted by atomic mass is 9.94. The normalized spacial score (nSPS) is 13.0. The smallest absolute Gasteiger partial charge is 0.231 e. The number of nitrogens with one attached hydrogen (secondary N) is 1. The van der Waals surface area contributed by atoms with Crippen molar-refractivity contribution in [2.75, 3.05) is 13.9 Å². The second-order valence-electron chi connectivity index (χ2n) is 8.10. The Kier molecular flexibility index (Phi) is 4.79. The third-order valence-corrected chi connectivity index (χ3v) is 5.74. The SMILES string of the molecule is COc1ccc(-n2c(CNC(C)(C)c3ccc4c(c3)OCO4)nc3ccccc32)cc1. The van der Waals surface area contributed by atoms with E-state index in [4.69, 9.17) is 19.2 Å². The van der Waals surface area contributed by atoms with Crippen LogP contribution >= 0.6 is 0 Å². The number of ether oxygens (including phenoxy) is 3. The predicted molar refractivity (Wildman–Crippen MR) is 120 cm³/mol. The standard InChI is InChI=1S/C25H25N3O3/c1-25(2,17-8-13-22-23(14-17)31-16-30-22)26-15-24-27-20-6-4-5-7-21(20)28(24)18-9-11-19(29-3)12-10-18/h4-14,26H,15-16H2,1-3H3. The molecule has 0 saturated carbocycles. The van der Waals surface area contributed by atoms with Crippen LogP contribution in [0.4, 0.5) is 0 Å². The molecule has 5 rings (SSSR count). The van der Waals surface area contributed by atoms with Crippen LogP contribution in [0.15, 0.2) is 66.7 Å². The van der Waals surface area contributed by atoms with E-state index in [0.717, 1.165) is 45.4 Å². The first-order valence-electron chi connectivity index (χ1n) is 10.3. The van der Waals surface area contributed by atoms with Crippen molar-refractivity contribution >= 4 is 11.0 Å². The maximum atomic E-state index is 5.56. The van der Waals surface area contributed by atoms with Crippen molar-refractivity contribution in [1.82, 2.24) is 14.9 Å².